The van der Waals surface area contributed by atoms with Crippen LogP contribution < -0.4 is 34.7 Å². The van der Waals surface area contributed by atoms with Gasteiger partial charge in [-0.1, -0.05) is 30.2 Å². The molecular formula is C7H5NaO2. The molecule has 0 fully saturated rings. The molecule has 0 saturated heterocycles. The van der Waals surface area contributed by atoms with Crippen LogP contribution in [0.25, 0.3) is 0 Å². The van der Waals surface area contributed by atoms with Gasteiger partial charge >= 0.3 is 29.6 Å². The first-order chi connectivity index (χ1) is 6.37. The number of carboxylic acid groups (broad SMARTS) is 1. The van der Waals surface area contributed by atoms with Crippen molar-refractivity contribution in [1.29, 1.82) is 0 Å². The Bertz CT molecular complexity index is 391. The number of carbonyl (C=O) groups excluding carboxylic acids is 1. The maximum atomic E-state index is 10.5. The summed E-state index contributed by atoms with van der Waals surface area (Å²) >= 11 is 0. The van der Waals surface area contributed by atoms with Crippen LogP contribution in [-0.2, 0) is 0 Å². The fraction of sp³-hybridized carbons (Fsp3) is 0. The summed E-state index contributed by atoms with van der Waals surface area (Å²) in [6.45, 7) is 0. The number of hydrogen-bond donors (Lipinski definition) is 0. The monoisotopic (exact) mass is 149 g/mol. The van der Waals surface area contributed by atoms with Gasteiger partial charge in [-0.15, -0.1) is 0 Å². The van der Waals surface area contributed by atoms with Gasteiger partial charge in [0.2, 0.25) is 0 Å². The molecule has 2 nitrogen and oxygen atoms in total. The zero-order valence-electron chi connectivity index (χ0n) is 10.3. The Balaban J connectivity index is 0.00000196. The standard InChI is InChI=1S/C7H6O2.Na/c8-7(9)6-4-2-1-3-5-6;/h1-5H,(H,8,9);/q;+1/p-1/i1D,2D,3D,4D,5D;. The molecule has 0 atom stereocenters. The van der Waals surface area contributed by atoms with Crippen LogP contribution >= 0.6 is 0 Å². The van der Waals surface area contributed by atoms with E-state index in [1.165, 1.54) is 0 Å². The van der Waals surface area contributed by atoms with Crippen molar-refractivity contribution in [1.82, 2.24) is 0 Å². The predicted molar refractivity (Wildman–Crippen MR) is 30.8 cm³/mol. The molecule has 0 aliphatic rings. The summed E-state index contributed by atoms with van der Waals surface area (Å²) < 4.78 is 35.8. The maximum Gasteiger partial charge on any atom is 1.00 e. The number of aromatic carboxylic acids is 1. The molecule has 0 unspecified atom stereocenters. The average molecular weight is 149 g/mol. The first-order valence-electron chi connectivity index (χ1n) is 4.66. The minimum Gasteiger partial charge on any atom is -0.545 e. The first-order valence-corrected chi connectivity index (χ1v) is 2.16. The minimum atomic E-state index is -1.78. The zero-order chi connectivity index (χ0) is 11.0. The molecule has 0 aromatic heterocycles. The van der Waals surface area contributed by atoms with Crippen LogP contribution in [0, 0.1) is 0 Å². The molecule has 0 saturated carbocycles. The number of carboxylic acids is 1. The fourth-order valence-electron chi connectivity index (χ4n) is 0.352. The largest absolute Gasteiger partial charge is 1.00 e. The van der Waals surface area contributed by atoms with Crippen molar-refractivity contribution in [3.8, 4) is 0 Å². The summed E-state index contributed by atoms with van der Waals surface area (Å²) in [5, 5.41) is 10.5. The van der Waals surface area contributed by atoms with Gasteiger partial charge in [0, 0.05) is 0 Å². The van der Waals surface area contributed by atoms with Gasteiger partial charge in [-0.3, -0.25) is 0 Å². The van der Waals surface area contributed by atoms with Gasteiger partial charge in [0.05, 0.1) is 12.8 Å². The van der Waals surface area contributed by atoms with Crippen LogP contribution in [0.4, 0.5) is 0 Å². The quantitative estimate of drug-likeness (QED) is 0.401. The van der Waals surface area contributed by atoms with Gasteiger partial charge in [0.25, 0.3) is 0 Å². The Labute approximate surface area is 88.2 Å². The van der Waals surface area contributed by atoms with Gasteiger partial charge in [-0.2, -0.15) is 0 Å². The number of carbonyl (C=O) groups is 1. The summed E-state index contributed by atoms with van der Waals surface area (Å²) in [6, 6.07) is -3.48. The molecule has 0 aliphatic heterocycles. The number of hydrogen-bond acceptors (Lipinski definition) is 2. The molecular weight excluding hydrogens is 139 g/mol. The van der Waals surface area contributed by atoms with Crippen LogP contribution in [0.3, 0.4) is 0 Å². The predicted octanol–water partition coefficient (Wildman–Crippen LogP) is -2.95. The normalized spacial score (nSPS) is 15.0. The molecule has 0 spiro atoms. The van der Waals surface area contributed by atoms with Crippen molar-refractivity contribution in [2.24, 2.45) is 0 Å². The summed E-state index contributed by atoms with van der Waals surface area (Å²) in [5.74, 6) is -1.78. The summed E-state index contributed by atoms with van der Waals surface area (Å²) in [7, 11) is 0. The molecule has 0 aliphatic carbocycles. The molecule has 0 radical (unpaired) electrons. The van der Waals surface area contributed by atoms with Crippen molar-refractivity contribution in [2.45, 2.75) is 0 Å². The van der Waals surface area contributed by atoms with E-state index in [-0.39, 0.29) is 29.6 Å². The van der Waals surface area contributed by atoms with E-state index >= 15 is 0 Å². The Kier molecular flexibility index (Phi) is 1.76. The van der Waals surface area contributed by atoms with Crippen molar-refractivity contribution < 1.29 is 46.3 Å². The van der Waals surface area contributed by atoms with E-state index in [9.17, 15) is 9.90 Å². The van der Waals surface area contributed by atoms with E-state index in [2.05, 4.69) is 0 Å². The van der Waals surface area contributed by atoms with E-state index in [4.69, 9.17) is 6.85 Å². The molecule has 0 bridgehead atoms. The van der Waals surface area contributed by atoms with Gasteiger partial charge in [0.1, 0.15) is 0 Å². The second-order valence-corrected chi connectivity index (χ2v) is 1.29. The summed E-state index contributed by atoms with van der Waals surface area (Å²) in [5.41, 5.74) is -0.809. The van der Waals surface area contributed by atoms with E-state index in [1.807, 2.05) is 0 Å². The number of rotatable bonds is 1. The molecule has 0 heterocycles. The van der Waals surface area contributed by atoms with E-state index < -0.39 is 41.7 Å². The van der Waals surface area contributed by atoms with Gasteiger partial charge in [-0.25, -0.2) is 0 Å². The third kappa shape index (κ3) is 2.52. The summed E-state index contributed by atoms with van der Waals surface area (Å²) in [4.78, 5) is 10.5. The maximum absolute atomic E-state index is 10.5. The van der Waals surface area contributed by atoms with Crippen LogP contribution in [0.1, 0.15) is 17.2 Å². The Morgan fingerprint density at radius 1 is 1.40 bits per heavy atom. The molecule has 1 rings (SSSR count). The topological polar surface area (TPSA) is 40.1 Å². The van der Waals surface area contributed by atoms with Gasteiger partial charge < -0.3 is 9.90 Å². The third-order valence-electron chi connectivity index (χ3n) is 0.704. The molecule has 0 N–H and O–H groups in total. The average Bonchev–Trinajstić information content (AvgIpc) is 2.11. The zero-order valence-corrected chi connectivity index (χ0v) is 7.32. The third-order valence-corrected chi connectivity index (χ3v) is 0.704. The molecule has 3 heteroatoms. The molecule has 1 aromatic carbocycles. The molecule has 10 heavy (non-hydrogen) atoms. The minimum absolute atomic E-state index is 0. The Morgan fingerprint density at radius 2 is 1.90 bits per heavy atom. The van der Waals surface area contributed by atoms with Crippen LogP contribution in [-0.4, -0.2) is 5.97 Å². The van der Waals surface area contributed by atoms with Crippen molar-refractivity contribution >= 4 is 5.97 Å². The second-order valence-electron chi connectivity index (χ2n) is 1.29. The SMILES string of the molecule is [2H]c1c([2H])c([2H])c(C(=O)[O-])c([2H])c1[2H].[Na+]. The Hall–Kier alpha value is -0.310. The van der Waals surface area contributed by atoms with Gasteiger partial charge in [-0.05, 0) is 5.56 Å². The van der Waals surface area contributed by atoms with Crippen LogP contribution in [0.5, 0.6) is 0 Å². The second kappa shape index (κ2) is 4.50. The van der Waals surface area contributed by atoms with Crippen LogP contribution in [0.2, 0.25) is 0 Å². The van der Waals surface area contributed by atoms with Crippen molar-refractivity contribution in [3.63, 3.8) is 0 Å². The van der Waals surface area contributed by atoms with E-state index in [0.717, 1.165) is 0 Å². The number of benzene rings is 1. The molecule has 1 aromatic rings. The molecule has 46 valence electrons. The van der Waals surface area contributed by atoms with Gasteiger partial charge in [0.15, 0.2) is 0 Å². The Morgan fingerprint density at radius 3 is 2.30 bits per heavy atom. The molecule has 0 amide bonds. The smallest absolute Gasteiger partial charge is 0.545 e. The van der Waals surface area contributed by atoms with E-state index in [0.29, 0.717) is 0 Å². The summed E-state index contributed by atoms with van der Waals surface area (Å²) in [6.07, 6.45) is 0. The first kappa shape index (κ1) is 3.90. The van der Waals surface area contributed by atoms with Crippen molar-refractivity contribution in [2.75, 3.05) is 0 Å². The van der Waals surface area contributed by atoms with Crippen LogP contribution in [0.15, 0.2) is 30.2 Å². The van der Waals surface area contributed by atoms with Crippen molar-refractivity contribution in [3.05, 3.63) is 35.8 Å². The van der Waals surface area contributed by atoms with E-state index in [1.54, 1.807) is 0 Å². The fourth-order valence-corrected chi connectivity index (χ4v) is 0.352.